The third-order valence-electron chi connectivity index (χ3n) is 4.61. The smallest absolute Gasteiger partial charge is 0.308 e. The van der Waals surface area contributed by atoms with E-state index in [1.807, 2.05) is 30.3 Å². The molecule has 1 amide bonds. The van der Waals surface area contributed by atoms with Gasteiger partial charge in [0.05, 0.1) is 5.92 Å². The summed E-state index contributed by atoms with van der Waals surface area (Å²) in [7, 11) is 0. The Hall–Kier alpha value is -2.89. The lowest BCUT2D eigenvalue weighted by Crippen LogP contribution is -2.43. The van der Waals surface area contributed by atoms with Crippen molar-refractivity contribution in [1.29, 1.82) is 0 Å². The molecule has 1 fully saturated rings. The summed E-state index contributed by atoms with van der Waals surface area (Å²) in [5.74, 6) is -1.89. The molecule has 1 aliphatic rings. The van der Waals surface area contributed by atoms with Crippen LogP contribution in [0.4, 0.5) is 0 Å². The van der Waals surface area contributed by atoms with Gasteiger partial charge in [0.1, 0.15) is 5.56 Å². The molecule has 25 heavy (non-hydrogen) atoms. The number of carbonyl (C=O) groups is 2. The van der Waals surface area contributed by atoms with E-state index in [9.17, 15) is 19.5 Å². The molecular weight excluding hydrogens is 320 g/mol. The van der Waals surface area contributed by atoms with Crippen LogP contribution in [0.3, 0.4) is 0 Å². The number of amides is 1. The van der Waals surface area contributed by atoms with Crippen LogP contribution in [0.1, 0.15) is 28.9 Å². The lowest BCUT2D eigenvalue weighted by atomic mass is 9.97. The molecule has 1 aromatic heterocycles. The number of piperidine rings is 1. The fraction of sp³-hybridized carbons (Fsp3) is 0.316. The van der Waals surface area contributed by atoms with Gasteiger partial charge in [-0.15, -0.1) is 0 Å². The number of nitrogens with zero attached hydrogens (tertiary/aromatic N) is 1. The molecule has 0 spiro atoms. The quantitative estimate of drug-likeness (QED) is 0.897. The molecule has 1 atom stereocenters. The van der Waals surface area contributed by atoms with E-state index < -0.39 is 23.4 Å². The lowest BCUT2D eigenvalue weighted by molar-refractivity contribution is -0.143. The van der Waals surface area contributed by atoms with E-state index >= 15 is 0 Å². The Labute approximate surface area is 145 Å². The zero-order valence-corrected chi connectivity index (χ0v) is 14.0. The van der Waals surface area contributed by atoms with E-state index in [1.165, 1.54) is 4.90 Å². The van der Waals surface area contributed by atoms with Crippen LogP contribution in [0, 0.1) is 12.8 Å². The molecule has 3 rings (SSSR count). The predicted octanol–water partition coefficient (Wildman–Crippen LogP) is 2.29. The number of H-pyrrole nitrogens is 1. The topological polar surface area (TPSA) is 90.5 Å². The number of benzene rings is 1. The molecule has 1 aromatic carbocycles. The predicted molar refractivity (Wildman–Crippen MR) is 93.5 cm³/mol. The van der Waals surface area contributed by atoms with Gasteiger partial charge in [-0.2, -0.15) is 0 Å². The third-order valence-corrected chi connectivity index (χ3v) is 4.61. The van der Waals surface area contributed by atoms with Crippen LogP contribution in [0.25, 0.3) is 11.1 Å². The summed E-state index contributed by atoms with van der Waals surface area (Å²) in [6.07, 6.45) is 1.18. The Morgan fingerprint density at radius 1 is 1.24 bits per heavy atom. The lowest BCUT2D eigenvalue weighted by Gasteiger charge is -2.30. The maximum absolute atomic E-state index is 12.8. The number of hydrogen-bond donors (Lipinski definition) is 2. The first-order chi connectivity index (χ1) is 12.0. The van der Waals surface area contributed by atoms with Gasteiger partial charge in [0.2, 0.25) is 0 Å². The number of aromatic amines is 1. The maximum Gasteiger partial charge on any atom is 0.308 e. The van der Waals surface area contributed by atoms with Crippen LogP contribution in [0.2, 0.25) is 0 Å². The number of aliphatic carboxylic acids is 1. The van der Waals surface area contributed by atoms with Gasteiger partial charge in [0.25, 0.3) is 11.5 Å². The molecule has 0 bridgehead atoms. The summed E-state index contributed by atoms with van der Waals surface area (Å²) in [4.78, 5) is 40.5. The van der Waals surface area contributed by atoms with Gasteiger partial charge in [-0.3, -0.25) is 14.4 Å². The van der Waals surface area contributed by atoms with Crippen LogP contribution in [0.5, 0.6) is 0 Å². The first-order valence-electron chi connectivity index (χ1n) is 8.29. The Kier molecular flexibility index (Phi) is 4.70. The SMILES string of the molecule is Cc1[nH]c(=O)c(C(=O)N2CCC[C@@H](C(=O)O)C2)cc1-c1ccccc1. The van der Waals surface area contributed by atoms with Crippen molar-refractivity contribution < 1.29 is 14.7 Å². The fourth-order valence-corrected chi connectivity index (χ4v) is 3.23. The number of aromatic nitrogens is 1. The average Bonchev–Trinajstić information content (AvgIpc) is 2.62. The zero-order valence-electron chi connectivity index (χ0n) is 14.0. The van der Waals surface area contributed by atoms with Crippen molar-refractivity contribution in [3.05, 3.63) is 58.0 Å². The zero-order chi connectivity index (χ0) is 18.0. The van der Waals surface area contributed by atoms with Crippen LogP contribution >= 0.6 is 0 Å². The van der Waals surface area contributed by atoms with Crippen molar-refractivity contribution in [2.45, 2.75) is 19.8 Å². The van der Waals surface area contributed by atoms with Gasteiger partial charge >= 0.3 is 5.97 Å². The van der Waals surface area contributed by atoms with E-state index in [4.69, 9.17) is 0 Å². The highest BCUT2D eigenvalue weighted by Gasteiger charge is 2.30. The van der Waals surface area contributed by atoms with Crippen molar-refractivity contribution in [1.82, 2.24) is 9.88 Å². The first-order valence-corrected chi connectivity index (χ1v) is 8.29. The van der Waals surface area contributed by atoms with Crippen molar-refractivity contribution in [3.8, 4) is 11.1 Å². The number of nitrogens with one attached hydrogen (secondary N) is 1. The highest BCUT2D eigenvalue weighted by atomic mass is 16.4. The Balaban J connectivity index is 1.95. The number of hydrogen-bond acceptors (Lipinski definition) is 3. The highest BCUT2D eigenvalue weighted by molar-refractivity contribution is 5.95. The number of rotatable bonds is 3. The summed E-state index contributed by atoms with van der Waals surface area (Å²) in [6.45, 7) is 2.40. The largest absolute Gasteiger partial charge is 0.481 e. The summed E-state index contributed by atoms with van der Waals surface area (Å²) in [5, 5.41) is 9.19. The summed E-state index contributed by atoms with van der Waals surface area (Å²) in [6, 6.07) is 11.1. The minimum Gasteiger partial charge on any atom is -0.481 e. The second kappa shape index (κ2) is 6.93. The molecule has 2 heterocycles. The van der Waals surface area contributed by atoms with E-state index in [-0.39, 0.29) is 12.1 Å². The standard InChI is InChI=1S/C19H20N2O4/c1-12-15(13-6-3-2-4-7-13)10-16(17(22)20-12)18(23)21-9-5-8-14(11-21)19(24)25/h2-4,6-7,10,14H,5,8-9,11H2,1H3,(H,20,22)(H,24,25)/t14-/m1/s1. The maximum atomic E-state index is 12.8. The van der Waals surface area contributed by atoms with E-state index in [2.05, 4.69) is 4.98 Å². The van der Waals surface area contributed by atoms with E-state index in [1.54, 1.807) is 13.0 Å². The van der Waals surface area contributed by atoms with Gasteiger partial charge in [-0.1, -0.05) is 30.3 Å². The van der Waals surface area contributed by atoms with Gasteiger partial charge in [-0.05, 0) is 31.4 Å². The van der Waals surface area contributed by atoms with Crippen LogP contribution in [-0.4, -0.2) is 40.0 Å². The monoisotopic (exact) mass is 340 g/mol. The highest BCUT2D eigenvalue weighted by Crippen LogP contribution is 2.23. The van der Waals surface area contributed by atoms with E-state index in [0.717, 1.165) is 11.1 Å². The van der Waals surface area contributed by atoms with Gasteiger partial charge < -0.3 is 15.0 Å². The first kappa shape index (κ1) is 17.0. The Bertz CT molecular complexity index is 857. The fourth-order valence-electron chi connectivity index (χ4n) is 3.23. The molecule has 2 N–H and O–H groups in total. The number of carboxylic acids is 1. The van der Waals surface area contributed by atoms with Crippen LogP contribution in [0.15, 0.2) is 41.2 Å². The van der Waals surface area contributed by atoms with Gasteiger partial charge in [0, 0.05) is 24.3 Å². The molecule has 1 aliphatic heterocycles. The molecule has 6 nitrogen and oxygen atoms in total. The molecular formula is C19H20N2O4. The minimum atomic E-state index is -0.903. The number of pyridine rings is 1. The van der Waals surface area contributed by atoms with Crippen molar-refractivity contribution >= 4 is 11.9 Å². The summed E-state index contributed by atoms with van der Waals surface area (Å²) >= 11 is 0. The second-order valence-electron chi connectivity index (χ2n) is 6.35. The van der Waals surface area contributed by atoms with Crippen molar-refractivity contribution in [2.24, 2.45) is 5.92 Å². The molecule has 1 saturated heterocycles. The van der Waals surface area contributed by atoms with E-state index in [0.29, 0.717) is 25.1 Å². The number of aryl methyl sites for hydroxylation is 1. The Morgan fingerprint density at radius 3 is 2.64 bits per heavy atom. The normalized spacial score (nSPS) is 17.3. The molecule has 0 unspecified atom stereocenters. The molecule has 0 aliphatic carbocycles. The number of likely N-dealkylation sites (tertiary alicyclic amines) is 1. The van der Waals surface area contributed by atoms with Gasteiger partial charge in [0.15, 0.2) is 0 Å². The van der Waals surface area contributed by atoms with Crippen molar-refractivity contribution in [2.75, 3.05) is 13.1 Å². The van der Waals surface area contributed by atoms with Crippen LogP contribution < -0.4 is 5.56 Å². The molecule has 0 radical (unpaired) electrons. The van der Waals surface area contributed by atoms with Crippen LogP contribution in [-0.2, 0) is 4.79 Å². The molecule has 130 valence electrons. The average molecular weight is 340 g/mol. The summed E-state index contributed by atoms with van der Waals surface area (Å²) in [5.41, 5.74) is 1.99. The molecule has 6 heteroatoms. The molecule has 0 saturated carbocycles. The van der Waals surface area contributed by atoms with Crippen molar-refractivity contribution in [3.63, 3.8) is 0 Å². The third kappa shape index (κ3) is 3.47. The minimum absolute atomic E-state index is 0.0514. The second-order valence-corrected chi connectivity index (χ2v) is 6.35. The number of carboxylic acid groups (broad SMARTS) is 1. The number of carbonyl (C=O) groups excluding carboxylic acids is 1. The van der Waals surface area contributed by atoms with Gasteiger partial charge in [-0.25, -0.2) is 0 Å². The molecule has 2 aromatic rings. The summed E-state index contributed by atoms with van der Waals surface area (Å²) < 4.78 is 0. The Morgan fingerprint density at radius 2 is 1.96 bits per heavy atom.